The van der Waals surface area contributed by atoms with E-state index in [4.69, 9.17) is 4.52 Å². The smallest absolute Gasteiger partial charge is 0.387 e. The van der Waals surface area contributed by atoms with Gasteiger partial charge in [-0.25, -0.2) is 0 Å². The largest absolute Gasteiger partial charge is 0.435 e. The SMILES string of the molecule is Cc1noc(C)c1CC(=O)Nc1cccc(C(=O)Nc2cccc(OC(F)F)c2)c1. The number of hydrogen-bond acceptors (Lipinski definition) is 5. The maximum atomic E-state index is 12.5. The maximum Gasteiger partial charge on any atom is 0.387 e. The van der Waals surface area contributed by atoms with Gasteiger partial charge in [-0.05, 0) is 44.2 Å². The molecule has 0 saturated carbocycles. The summed E-state index contributed by atoms with van der Waals surface area (Å²) in [5.74, 6) is -0.234. The molecule has 9 heteroatoms. The highest BCUT2D eigenvalue weighted by Crippen LogP contribution is 2.21. The number of ether oxygens (including phenoxy) is 1. The molecule has 0 atom stereocenters. The average molecular weight is 415 g/mol. The molecule has 0 radical (unpaired) electrons. The summed E-state index contributed by atoms with van der Waals surface area (Å²) in [5, 5.41) is 9.16. The Hall–Kier alpha value is -3.75. The minimum Gasteiger partial charge on any atom is -0.435 e. The molecule has 2 amide bonds. The zero-order valence-corrected chi connectivity index (χ0v) is 16.2. The molecule has 7 nitrogen and oxygen atoms in total. The van der Waals surface area contributed by atoms with Gasteiger partial charge in [-0.1, -0.05) is 17.3 Å². The first-order valence-corrected chi connectivity index (χ1v) is 8.99. The Morgan fingerprint density at radius 1 is 1.07 bits per heavy atom. The highest BCUT2D eigenvalue weighted by molar-refractivity contribution is 6.05. The normalized spacial score (nSPS) is 10.7. The van der Waals surface area contributed by atoms with E-state index in [9.17, 15) is 18.4 Å². The summed E-state index contributed by atoms with van der Waals surface area (Å²) in [4.78, 5) is 24.8. The summed E-state index contributed by atoms with van der Waals surface area (Å²) in [6.45, 7) is 0.530. The number of anilines is 2. The van der Waals surface area contributed by atoms with Crippen molar-refractivity contribution in [2.24, 2.45) is 0 Å². The van der Waals surface area contributed by atoms with E-state index in [-0.39, 0.29) is 23.6 Å². The van der Waals surface area contributed by atoms with E-state index < -0.39 is 12.5 Å². The van der Waals surface area contributed by atoms with Crippen molar-refractivity contribution in [2.75, 3.05) is 10.6 Å². The fourth-order valence-electron chi connectivity index (χ4n) is 2.81. The minimum absolute atomic E-state index is 0.0665. The van der Waals surface area contributed by atoms with Crippen LogP contribution in [0.25, 0.3) is 0 Å². The van der Waals surface area contributed by atoms with Gasteiger partial charge < -0.3 is 19.9 Å². The lowest BCUT2D eigenvalue weighted by molar-refractivity contribution is -0.115. The molecule has 0 fully saturated rings. The summed E-state index contributed by atoms with van der Waals surface area (Å²) < 4.78 is 34.0. The molecule has 30 heavy (non-hydrogen) atoms. The number of rotatable bonds is 7. The average Bonchev–Trinajstić information content (AvgIpc) is 3.00. The summed E-state index contributed by atoms with van der Waals surface area (Å²) in [6.07, 6.45) is 0.0918. The monoisotopic (exact) mass is 415 g/mol. The molecule has 1 aromatic heterocycles. The maximum absolute atomic E-state index is 12.5. The number of benzene rings is 2. The number of hydrogen-bond donors (Lipinski definition) is 2. The van der Waals surface area contributed by atoms with Crippen LogP contribution in [0.3, 0.4) is 0 Å². The number of carbonyl (C=O) groups is 2. The second-order valence-corrected chi connectivity index (χ2v) is 6.47. The van der Waals surface area contributed by atoms with Gasteiger partial charge in [0.25, 0.3) is 5.91 Å². The topological polar surface area (TPSA) is 93.5 Å². The molecule has 3 aromatic rings. The third kappa shape index (κ3) is 5.40. The van der Waals surface area contributed by atoms with Crippen LogP contribution in [0.2, 0.25) is 0 Å². The Kier molecular flexibility index (Phi) is 6.41. The molecular formula is C21H19F2N3O4. The fourth-order valence-corrected chi connectivity index (χ4v) is 2.81. The van der Waals surface area contributed by atoms with E-state index >= 15 is 0 Å². The minimum atomic E-state index is -2.96. The first-order chi connectivity index (χ1) is 14.3. The van der Waals surface area contributed by atoms with Crippen molar-refractivity contribution in [2.45, 2.75) is 26.9 Å². The van der Waals surface area contributed by atoms with Gasteiger partial charge in [-0.15, -0.1) is 0 Å². The van der Waals surface area contributed by atoms with E-state index in [1.165, 1.54) is 24.3 Å². The summed E-state index contributed by atoms with van der Waals surface area (Å²) in [7, 11) is 0. The Bertz CT molecular complexity index is 1050. The fraction of sp³-hybridized carbons (Fsp3) is 0.190. The number of halogens is 2. The lowest BCUT2D eigenvalue weighted by Gasteiger charge is -2.10. The van der Waals surface area contributed by atoms with Crippen molar-refractivity contribution in [3.05, 3.63) is 71.1 Å². The van der Waals surface area contributed by atoms with E-state index in [0.29, 0.717) is 28.4 Å². The van der Waals surface area contributed by atoms with Crippen LogP contribution in [0.5, 0.6) is 5.75 Å². The molecule has 0 aliphatic heterocycles. The Labute approximate surface area is 171 Å². The summed E-state index contributed by atoms with van der Waals surface area (Å²) in [6, 6.07) is 12.0. The van der Waals surface area contributed by atoms with Gasteiger partial charge in [0.1, 0.15) is 11.5 Å². The van der Waals surface area contributed by atoms with Crippen LogP contribution in [0, 0.1) is 13.8 Å². The molecule has 156 valence electrons. The zero-order chi connectivity index (χ0) is 21.7. The molecule has 0 saturated heterocycles. The molecular weight excluding hydrogens is 396 g/mol. The summed E-state index contributed by atoms with van der Waals surface area (Å²) in [5.41, 5.74) is 2.38. The quantitative estimate of drug-likeness (QED) is 0.599. The van der Waals surface area contributed by atoms with Crippen molar-refractivity contribution in [1.82, 2.24) is 5.16 Å². The van der Waals surface area contributed by atoms with Crippen LogP contribution in [0.1, 0.15) is 27.4 Å². The predicted octanol–water partition coefficient (Wildman–Crippen LogP) is 4.33. The number of aryl methyl sites for hydroxylation is 2. The van der Waals surface area contributed by atoms with Gasteiger partial charge in [0.05, 0.1) is 12.1 Å². The third-order valence-electron chi connectivity index (χ3n) is 4.24. The molecule has 2 aromatic carbocycles. The number of nitrogens with zero attached hydrogens (tertiary/aromatic N) is 1. The second-order valence-electron chi connectivity index (χ2n) is 6.47. The standard InChI is InChI=1S/C21H19F2N3O4/c1-12-18(13(2)30-26-12)11-19(27)24-15-6-3-5-14(9-15)20(28)25-16-7-4-8-17(10-16)29-21(22)23/h3-10,21H,11H2,1-2H3,(H,24,27)(H,25,28). The summed E-state index contributed by atoms with van der Waals surface area (Å²) >= 11 is 0. The molecule has 3 rings (SSSR count). The van der Waals surface area contributed by atoms with Crippen molar-refractivity contribution >= 4 is 23.2 Å². The van der Waals surface area contributed by atoms with Gasteiger partial charge >= 0.3 is 6.61 Å². The molecule has 0 bridgehead atoms. The Balaban J connectivity index is 1.66. The molecule has 0 unspecified atom stereocenters. The van der Waals surface area contributed by atoms with Gasteiger partial charge in [-0.2, -0.15) is 8.78 Å². The van der Waals surface area contributed by atoms with Crippen LogP contribution in [0.15, 0.2) is 53.1 Å². The highest BCUT2D eigenvalue weighted by Gasteiger charge is 2.14. The molecule has 1 heterocycles. The number of alkyl halides is 2. The van der Waals surface area contributed by atoms with Crippen LogP contribution in [-0.4, -0.2) is 23.6 Å². The molecule has 2 N–H and O–H groups in total. The predicted molar refractivity (Wildman–Crippen MR) is 106 cm³/mol. The van der Waals surface area contributed by atoms with Gasteiger partial charge in [-0.3, -0.25) is 9.59 Å². The Morgan fingerprint density at radius 3 is 2.43 bits per heavy atom. The second kappa shape index (κ2) is 9.17. The van der Waals surface area contributed by atoms with Crippen molar-refractivity contribution in [1.29, 1.82) is 0 Å². The first kappa shape index (κ1) is 21.0. The van der Waals surface area contributed by atoms with Crippen LogP contribution >= 0.6 is 0 Å². The molecule has 0 aliphatic carbocycles. The highest BCUT2D eigenvalue weighted by atomic mass is 19.3. The van der Waals surface area contributed by atoms with Crippen molar-refractivity contribution < 1.29 is 27.6 Å². The number of carbonyl (C=O) groups excluding carboxylic acids is 2. The first-order valence-electron chi connectivity index (χ1n) is 8.99. The lowest BCUT2D eigenvalue weighted by Crippen LogP contribution is -2.16. The Morgan fingerprint density at radius 2 is 1.77 bits per heavy atom. The van der Waals surface area contributed by atoms with Crippen molar-refractivity contribution in [3.8, 4) is 5.75 Å². The van der Waals surface area contributed by atoms with Crippen LogP contribution in [0.4, 0.5) is 20.2 Å². The van der Waals surface area contributed by atoms with E-state index in [0.717, 1.165) is 0 Å². The van der Waals surface area contributed by atoms with E-state index in [1.54, 1.807) is 38.1 Å². The van der Waals surface area contributed by atoms with Crippen LogP contribution in [-0.2, 0) is 11.2 Å². The number of amides is 2. The third-order valence-corrected chi connectivity index (χ3v) is 4.24. The van der Waals surface area contributed by atoms with E-state index in [1.807, 2.05) is 0 Å². The van der Waals surface area contributed by atoms with Gasteiger partial charge in [0.15, 0.2) is 0 Å². The zero-order valence-electron chi connectivity index (χ0n) is 16.2. The van der Waals surface area contributed by atoms with Crippen molar-refractivity contribution in [3.63, 3.8) is 0 Å². The lowest BCUT2D eigenvalue weighted by atomic mass is 10.1. The van der Waals surface area contributed by atoms with Gasteiger partial charge in [0.2, 0.25) is 5.91 Å². The van der Waals surface area contributed by atoms with Crippen LogP contribution < -0.4 is 15.4 Å². The van der Waals surface area contributed by atoms with E-state index in [2.05, 4.69) is 20.5 Å². The molecule has 0 spiro atoms. The number of aromatic nitrogens is 1. The van der Waals surface area contributed by atoms with Gasteiger partial charge in [0, 0.05) is 28.6 Å². The number of nitrogens with one attached hydrogen (secondary N) is 2. The molecule has 0 aliphatic rings.